The van der Waals surface area contributed by atoms with Crippen LogP contribution in [-0.2, 0) is 0 Å². The highest BCUT2D eigenvalue weighted by Crippen LogP contribution is 2.37. The first-order valence-electron chi connectivity index (χ1n) is 8.02. The third-order valence-electron chi connectivity index (χ3n) is 4.13. The Morgan fingerprint density at radius 1 is 1.04 bits per heavy atom. The van der Waals surface area contributed by atoms with Gasteiger partial charge in [0, 0.05) is 43.7 Å². The molecule has 0 unspecified atom stereocenters. The van der Waals surface area contributed by atoms with Crippen LogP contribution >= 0.6 is 0 Å². The van der Waals surface area contributed by atoms with E-state index in [1.165, 1.54) is 16.8 Å². The van der Waals surface area contributed by atoms with Crippen LogP contribution < -0.4 is 21.1 Å². The highest BCUT2D eigenvalue weighted by molar-refractivity contribution is 5.89. The summed E-state index contributed by atoms with van der Waals surface area (Å²) in [5, 5.41) is 2.18. The first kappa shape index (κ1) is 15.3. The van der Waals surface area contributed by atoms with Gasteiger partial charge in [-0.05, 0) is 24.1 Å². The van der Waals surface area contributed by atoms with Crippen molar-refractivity contribution in [2.75, 3.05) is 30.5 Å². The maximum Gasteiger partial charge on any atom is 0.0743 e. The Morgan fingerprint density at radius 2 is 1.74 bits per heavy atom. The summed E-state index contributed by atoms with van der Waals surface area (Å²) in [5.41, 5.74) is 16.1. The fraction of sp³-hybridized carbons (Fsp3) is 0.263. The first-order chi connectivity index (χ1) is 11.1. The van der Waals surface area contributed by atoms with Crippen LogP contribution in [0.25, 0.3) is 16.8 Å². The second kappa shape index (κ2) is 6.24. The molecule has 0 spiro atoms. The summed E-state index contributed by atoms with van der Waals surface area (Å²) >= 11 is 0. The molecule has 0 aromatic heterocycles. The van der Waals surface area contributed by atoms with Crippen molar-refractivity contribution in [3.05, 3.63) is 54.2 Å². The molecule has 1 aliphatic rings. The summed E-state index contributed by atoms with van der Waals surface area (Å²) in [5.74, 6) is 0. The van der Waals surface area contributed by atoms with Gasteiger partial charge in [-0.3, -0.25) is 5.01 Å². The van der Waals surface area contributed by atoms with Crippen LogP contribution in [0, 0.1) is 0 Å². The standard InChI is InChI=1S/C19H24N4/c1-4-12-23-19-16(6-5-7-17(19)18(20)13-21-23)14-8-10-15(11-9-14)22(2)3/h5-11,13,21H,4,12,20H2,1-3H3. The van der Waals surface area contributed by atoms with E-state index in [1.54, 1.807) is 0 Å². The summed E-state index contributed by atoms with van der Waals surface area (Å²) in [4.78, 5) is 2.11. The summed E-state index contributed by atoms with van der Waals surface area (Å²) in [6.07, 6.45) is 2.94. The van der Waals surface area contributed by atoms with Crippen LogP contribution in [-0.4, -0.2) is 20.6 Å². The molecule has 1 aliphatic heterocycles. The van der Waals surface area contributed by atoms with Crippen LogP contribution in [0.15, 0.2) is 48.7 Å². The molecule has 3 rings (SSSR count). The van der Waals surface area contributed by atoms with Gasteiger partial charge in [0.25, 0.3) is 0 Å². The minimum Gasteiger partial charge on any atom is -0.397 e. The molecule has 23 heavy (non-hydrogen) atoms. The molecule has 2 aromatic carbocycles. The summed E-state index contributed by atoms with van der Waals surface area (Å²) in [6, 6.07) is 15.0. The molecule has 0 atom stereocenters. The Hall–Kier alpha value is -2.62. The minimum atomic E-state index is 0.777. The van der Waals surface area contributed by atoms with Crippen molar-refractivity contribution in [2.45, 2.75) is 13.3 Å². The van der Waals surface area contributed by atoms with E-state index in [0.29, 0.717) is 0 Å². The lowest BCUT2D eigenvalue weighted by molar-refractivity contribution is 0.708. The van der Waals surface area contributed by atoms with Crippen molar-refractivity contribution in [3.63, 3.8) is 0 Å². The number of rotatable bonds is 4. The zero-order chi connectivity index (χ0) is 16.4. The molecule has 120 valence electrons. The van der Waals surface area contributed by atoms with Gasteiger partial charge >= 0.3 is 0 Å². The van der Waals surface area contributed by atoms with E-state index in [0.717, 1.165) is 29.9 Å². The number of nitrogens with two attached hydrogens (primary N) is 1. The number of hydrazine groups is 1. The van der Waals surface area contributed by atoms with Crippen LogP contribution in [0.3, 0.4) is 0 Å². The molecular weight excluding hydrogens is 284 g/mol. The second-order valence-electron chi connectivity index (χ2n) is 6.02. The fourth-order valence-electron chi connectivity index (χ4n) is 2.93. The number of hydrogen-bond acceptors (Lipinski definition) is 4. The van der Waals surface area contributed by atoms with E-state index in [-0.39, 0.29) is 0 Å². The number of nitrogens with zero attached hydrogens (tertiary/aromatic N) is 2. The molecule has 3 N–H and O–H groups in total. The molecular formula is C19H24N4. The smallest absolute Gasteiger partial charge is 0.0743 e. The van der Waals surface area contributed by atoms with Crippen LogP contribution in [0.5, 0.6) is 0 Å². The Balaban J connectivity index is 2.10. The normalized spacial score (nSPS) is 13.2. The molecule has 0 radical (unpaired) electrons. The highest BCUT2D eigenvalue weighted by Gasteiger charge is 2.20. The number of para-hydroxylation sites is 1. The predicted molar refractivity (Wildman–Crippen MR) is 99.1 cm³/mol. The second-order valence-corrected chi connectivity index (χ2v) is 6.02. The zero-order valence-electron chi connectivity index (χ0n) is 14.0. The van der Waals surface area contributed by atoms with Crippen molar-refractivity contribution in [3.8, 4) is 11.1 Å². The Morgan fingerprint density at radius 3 is 2.39 bits per heavy atom. The van der Waals surface area contributed by atoms with Crippen molar-refractivity contribution in [1.29, 1.82) is 0 Å². The molecule has 0 amide bonds. The van der Waals surface area contributed by atoms with E-state index in [2.05, 4.69) is 78.8 Å². The number of fused-ring (bicyclic) bond motifs is 1. The summed E-state index contributed by atoms with van der Waals surface area (Å²) < 4.78 is 0. The monoisotopic (exact) mass is 308 g/mol. The third kappa shape index (κ3) is 2.84. The molecule has 0 aliphatic carbocycles. The summed E-state index contributed by atoms with van der Waals surface area (Å²) in [6.45, 7) is 3.11. The number of benzene rings is 2. The van der Waals surface area contributed by atoms with Gasteiger partial charge in [-0.1, -0.05) is 37.3 Å². The van der Waals surface area contributed by atoms with Crippen LogP contribution in [0.1, 0.15) is 18.9 Å². The van der Waals surface area contributed by atoms with Gasteiger partial charge in [0.15, 0.2) is 0 Å². The molecule has 1 heterocycles. The zero-order valence-corrected chi connectivity index (χ0v) is 14.0. The molecule has 0 saturated heterocycles. The largest absolute Gasteiger partial charge is 0.397 e. The van der Waals surface area contributed by atoms with Crippen LogP contribution in [0.4, 0.5) is 11.4 Å². The highest BCUT2D eigenvalue weighted by atomic mass is 15.5. The molecule has 0 saturated carbocycles. The average molecular weight is 308 g/mol. The molecule has 0 fully saturated rings. The fourth-order valence-corrected chi connectivity index (χ4v) is 2.93. The van der Waals surface area contributed by atoms with E-state index < -0.39 is 0 Å². The van der Waals surface area contributed by atoms with Crippen molar-refractivity contribution in [2.24, 2.45) is 5.73 Å². The average Bonchev–Trinajstić information content (AvgIpc) is 2.57. The van der Waals surface area contributed by atoms with Crippen molar-refractivity contribution < 1.29 is 0 Å². The van der Waals surface area contributed by atoms with Gasteiger partial charge in [0.1, 0.15) is 0 Å². The molecule has 2 aromatic rings. The Bertz CT molecular complexity index is 717. The first-order valence-corrected chi connectivity index (χ1v) is 8.02. The van der Waals surface area contributed by atoms with Gasteiger partial charge in [0.2, 0.25) is 0 Å². The van der Waals surface area contributed by atoms with E-state index in [1.807, 2.05) is 6.20 Å². The van der Waals surface area contributed by atoms with Crippen molar-refractivity contribution >= 4 is 17.1 Å². The quantitative estimate of drug-likeness (QED) is 0.908. The van der Waals surface area contributed by atoms with Gasteiger partial charge in [0.05, 0.1) is 11.4 Å². The predicted octanol–water partition coefficient (Wildman–Crippen LogP) is 3.41. The van der Waals surface area contributed by atoms with Gasteiger partial charge in [-0.25, -0.2) is 0 Å². The summed E-state index contributed by atoms with van der Waals surface area (Å²) in [7, 11) is 4.11. The lowest BCUT2D eigenvalue weighted by atomic mass is 9.97. The Kier molecular flexibility index (Phi) is 4.15. The minimum absolute atomic E-state index is 0.777. The number of hydrogen-bond donors (Lipinski definition) is 2. The van der Waals surface area contributed by atoms with Crippen molar-refractivity contribution in [1.82, 2.24) is 5.43 Å². The van der Waals surface area contributed by atoms with E-state index in [4.69, 9.17) is 5.73 Å². The number of nitrogens with one attached hydrogen (secondary N) is 1. The maximum absolute atomic E-state index is 6.18. The Labute approximate surface area is 138 Å². The van der Waals surface area contributed by atoms with E-state index in [9.17, 15) is 0 Å². The van der Waals surface area contributed by atoms with E-state index >= 15 is 0 Å². The van der Waals surface area contributed by atoms with Gasteiger partial charge in [-0.15, -0.1) is 0 Å². The SMILES string of the molecule is CCCN1NC=C(N)c2cccc(-c3ccc(N(C)C)cc3)c21. The molecule has 4 heteroatoms. The third-order valence-corrected chi connectivity index (χ3v) is 4.13. The van der Waals surface area contributed by atoms with Gasteiger partial charge in [-0.2, -0.15) is 0 Å². The molecule has 0 bridgehead atoms. The topological polar surface area (TPSA) is 44.5 Å². The lowest BCUT2D eigenvalue weighted by Crippen LogP contribution is -2.39. The molecule has 4 nitrogen and oxygen atoms in total. The maximum atomic E-state index is 6.18. The van der Waals surface area contributed by atoms with Crippen LogP contribution in [0.2, 0.25) is 0 Å². The lowest BCUT2D eigenvalue weighted by Gasteiger charge is -2.32. The number of anilines is 2. The van der Waals surface area contributed by atoms with Gasteiger partial charge < -0.3 is 16.1 Å².